The van der Waals surface area contributed by atoms with Crippen LogP contribution < -0.4 is 10.1 Å². The number of ether oxygens (including phenoxy) is 1. The van der Waals surface area contributed by atoms with E-state index in [9.17, 15) is 14.4 Å². The van der Waals surface area contributed by atoms with Crippen LogP contribution in [0.25, 0.3) is 0 Å². The van der Waals surface area contributed by atoms with Crippen molar-refractivity contribution in [2.24, 2.45) is 0 Å². The number of rotatable bonds is 4. The van der Waals surface area contributed by atoms with Gasteiger partial charge in [-0.05, 0) is 24.3 Å². The molecule has 0 bridgehead atoms. The number of hydrogen-bond acceptors (Lipinski definition) is 5. The zero-order chi connectivity index (χ0) is 17.8. The average Bonchev–Trinajstić information content (AvgIpc) is 3.08. The lowest BCUT2D eigenvalue weighted by molar-refractivity contribution is -0.129. The standard InChI is InChI=1S/C17H22N4O4/c1-25-14-4-2-13(3-5-14)16(23)20-10-8-19(9-11-20)12-15(22)21-7-6-18-17(21)24/h2-5H,6-12H2,1H3,(H,18,24). The van der Waals surface area contributed by atoms with E-state index in [1.807, 2.05) is 4.90 Å². The highest BCUT2D eigenvalue weighted by Crippen LogP contribution is 2.14. The van der Waals surface area contributed by atoms with Crippen molar-refractivity contribution in [1.29, 1.82) is 0 Å². The molecular formula is C17H22N4O4. The number of nitrogens with zero attached hydrogens (tertiary/aromatic N) is 3. The van der Waals surface area contributed by atoms with Crippen LogP contribution in [-0.4, -0.2) is 85.5 Å². The second-order valence-corrected chi connectivity index (χ2v) is 6.07. The summed E-state index contributed by atoms with van der Waals surface area (Å²) in [7, 11) is 1.59. The van der Waals surface area contributed by atoms with Crippen LogP contribution in [0.1, 0.15) is 10.4 Å². The van der Waals surface area contributed by atoms with Gasteiger partial charge in [0, 0.05) is 44.8 Å². The van der Waals surface area contributed by atoms with Gasteiger partial charge in [0.25, 0.3) is 5.91 Å². The van der Waals surface area contributed by atoms with Gasteiger partial charge in [-0.3, -0.25) is 19.4 Å². The molecule has 8 heteroatoms. The molecule has 25 heavy (non-hydrogen) atoms. The normalized spacial score (nSPS) is 18.2. The molecule has 0 atom stereocenters. The maximum Gasteiger partial charge on any atom is 0.324 e. The topological polar surface area (TPSA) is 82.2 Å². The van der Waals surface area contributed by atoms with Crippen LogP contribution in [0.3, 0.4) is 0 Å². The number of imide groups is 1. The van der Waals surface area contributed by atoms with Gasteiger partial charge in [0.1, 0.15) is 5.75 Å². The predicted octanol–water partition coefficient (Wildman–Crippen LogP) is 0.00480. The lowest BCUT2D eigenvalue weighted by Crippen LogP contribution is -2.51. The Bertz CT molecular complexity index is 653. The van der Waals surface area contributed by atoms with Gasteiger partial charge >= 0.3 is 6.03 Å². The molecule has 134 valence electrons. The predicted molar refractivity (Wildman–Crippen MR) is 90.4 cm³/mol. The number of piperazine rings is 1. The van der Waals surface area contributed by atoms with E-state index in [4.69, 9.17) is 4.74 Å². The summed E-state index contributed by atoms with van der Waals surface area (Å²) < 4.78 is 5.10. The van der Waals surface area contributed by atoms with Crippen molar-refractivity contribution in [2.45, 2.75) is 0 Å². The number of amides is 4. The van der Waals surface area contributed by atoms with Crippen LogP contribution in [0.2, 0.25) is 0 Å². The summed E-state index contributed by atoms with van der Waals surface area (Å²) in [5.41, 5.74) is 0.624. The fourth-order valence-corrected chi connectivity index (χ4v) is 3.01. The van der Waals surface area contributed by atoms with Gasteiger partial charge in [-0.15, -0.1) is 0 Å². The summed E-state index contributed by atoms with van der Waals surface area (Å²) in [4.78, 5) is 41.2. The fraction of sp³-hybridized carbons (Fsp3) is 0.471. The van der Waals surface area contributed by atoms with E-state index < -0.39 is 0 Å². The largest absolute Gasteiger partial charge is 0.497 e. The van der Waals surface area contributed by atoms with Gasteiger partial charge < -0.3 is 15.0 Å². The molecule has 0 aliphatic carbocycles. The van der Waals surface area contributed by atoms with Crippen molar-refractivity contribution in [3.8, 4) is 5.75 Å². The van der Waals surface area contributed by atoms with Gasteiger partial charge in [0.05, 0.1) is 13.7 Å². The number of nitrogens with one attached hydrogen (secondary N) is 1. The lowest BCUT2D eigenvalue weighted by atomic mass is 10.1. The highest BCUT2D eigenvalue weighted by Gasteiger charge is 2.29. The van der Waals surface area contributed by atoms with Crippen LogP contribution in [0, 0.1) is 0 Å². The minimum atomic E-state index is -0.321. The summed E-state index contributed by atoms with van der Waals surface area (Å²) in [6.07, 6.45) is 0. The van der Waals surface area contributed by atoms with Crippen LogP contribution in [0.4, 0.5) is 4.79 Å². The third kappa shape index (κ3) is 3.90. The van der Waals surface area contributed by atoms with E-state index >= 15 is 0 Å². The third-order valence-corrected chi connectivity index (χ3v) is 4.51. The molecule has 4 amide bonds. The second kappa shape index (κ2) is 7.52. The molecule has 2 fully saturated rings. The quantitative estimate of drug-likeness (QED) is 0.830. The summed E-state index contributed by atoms with van der Waals surface area (Å²) >= 11 is 0. The van der Waals surface area contributed by atoms with Gasteiger partial charge in [-0.25, -0.2) is 4.79 Å². The Hall–Kier alpha value is -2.61. The SMILES string of the molecule is COc1ccc(C(=O)N2CCN(CC(=O)N3CCNC3=O)CC2)cc1. The molecule has 2 aliphatic rings. The monoisotopic (exact) mass is 346 g/mol. The Morgan fingerprint density at radius 1 is 1.08 bits per heavy atom. The fourth-order valence-electron chi connectivity index (χ4n) is 3.01. The summed E-state index contributed by atoms with van der Waals surface area (Å²) in [6.45, 7) is 3.49. The van der Waals surface area contributed by atoms with Crippen LogP contribution in [0.5, 0.6) is 5.75 Å². The van der Waals surface area contributed by atoms with Crippen molar-refractivity contribution in [3.63, 3.8) is 0 Å². The van der Waals surface area contributed by atoms with E-state index in [0.29, 0.717) is 50.6 Å². The first-order valence-corrected chi connectivity index (χ1v) is 8.32. The second-order valence-electron chi connectivity index (χ2n) is 6.07. The van der Waals surface area contributed by atoms with Crippen molar-refractivity contribution in [1.82, 2.24) is 20.0 Å². The maximum absolute atomic E-state index is 12.5. The number of hydrogen-bond donors (Lipinski definition) is 1. The molecule has 1 aromatic rings. The van der Waals surface area contributed by atoms with Crippen LogP contribution >= 0.6 is 0 Å². The van der Waals surface area contributed by atoms with E-state index in [1.165, 1.54) is 4.90 Å². The summed E-state index contributed by atoms with van der Waals surface area (Å²) in [5, 5.41) is 2.62. The van der Waals surface area contributed by atoms with Crippen molar-refractivity contribution in [2.75, 3.05) is 52.9 Å². The smallest absolute Gasteiger partial charge is 0.324 e. The molecule has 2 aliphatic heterocycles. The van der Waals surface area contributed by atoms with Gasteiger partial charge in [-0.2, -0.15) is 0 Å². The van der Waals surface area contributed by atoms with E-state index in [0.717, 1.165) is 0 Å². The van der Waals surface area contributed by atoms with Crippen molar-refractivity contribution in [3.05, 3.63) is 29.8 Å². The Morgan fingerprint density at radius 3 is 2.32 bits per heavy atom. The Kier molecular flexibility index (Phi) is 5.18. The van der Waals surface area contributed by atoms with Gasteiger partial charge in [0.15, 0.2) is 0 Å². The molecule has 0 saturated carbocycles. The molecule has 2 heterocycles. The Labute approximate surface area is 146 Å². The number of methoxy groups -OCH3 is 1. The molecule has 8 nitrogen and oxygen atoms in total. The van der Waals surface area contributed by atoms with Crippen molar-refractivity contribution < 1.29 is 19.1 Å². The summed E-state index contributed by atoms with van der Waals surface area (Å²) in [5.74, 6) is 0.503. The van der Waals surface area contributed by atoms with E-state index in [2.05, 4.69) is 5.32 Å². The molecular weight excluding hydrogens is 324 g/mol. The molecule has 0 spiro atoms. The number of benzene rings is 1. The Morgan fingerprint density at radius 2 is 1.76 bits per heavy atom. The molecule has 3 rings (SSSR count). The number of urea groups is 1. The Balaban J connectivity index is 1.50. The van der Waals surface area contributed by atoms with E-state index in [1.54, 1.807) is 36.3 Å². The maximum atomic E-state index is 12.5. The van der Waals surface area contributed by atoms with Gasteiger partial charge in [-0.1, -0.05) is 0 Å². The number of carbonyl (C=O) groups is 3. The molecule has 2 saturated heterocycles. The zero-order valence-electron chi connectivity index (χ0n) is 14.2. The molecule has 1 N–H and O–H groups in total. The molecule has 0 unspecified atom stereocenters. The zero-order valence-corrected chi connectivity index (χ0v) is 14.2. The number of carbonyl (C=O) groups excluding carboxylic acids is 3. The molecule has 1 aromatic carbocycles. The molecule has 0 radical (unpaired) electrons. The van der Waals surface area contributed by atoms with Crippen LogP contribution in [-0.2, 0) is 4.79 Å². The first kappa shape index (κ1) is 17.2. The van der Waals surface area contributed by atoms with E-state index in [-0.39, 0.29) is 24.4 Å². The van der Waals surface area contributed by atoms with Gasteiger partial charge in [0.2, 0.25) is 5.91 Å². The molecule has 0 aromatic heterocycles. The first-order chi connectivity index (χ1) is 12.1. The minimum Gasteiger partial charge on any atom is -0.497 e. The van der Waals surface area contributed by atoms with Crippen molar-refractivity contribution >= 4 is 17.8 Å². The minimum absolute atomic E-state index is 0.0208. The first-order valence-electron chi connectivity index (χ1n) is 8.32. The van der Waals surface area contributed by atoms with Crippen LogP contribution in [0.15, 0.2) is 24.3 Å². The lowest BCUT2D eigenvalue weighted by Gasteiger charge is -2.34. The summed E-state index contributed by atoms with van der Waals surface area (Å²) in [6, 6.07) is 6.72. The highest BCUT2D eigenvalue weighted by atomic mass is 16.5. The highest BCUT2D eigenvalue weighted by molar-refractivity contribution is 5.97. The third-order valence-electron chi connectivity index (χ3n) is 4.51. The average molecular weight is 346 g/mol.